The molecule has 8 heteroatoms. The zero-order valence-electron chi connectivity index (χ0n) is 14.4. The minimum atomic E-state index is 0.515. The lowest BCUT2D eigenvalue weighted by Gasteiger charge is -2.13. The Balaban J connectivity index is 2.10. The number of aromatic amines is 1. The highest BCUT2D eigenvalue weighted by atomic mass is 16.5. The van der Waals surface area contributed by atoms with E-state index in [2.05, 4.69) is 20.4 Å². The molecule has 0 spiro atoms. The van der Waals surface area contributed by atoms with Crippen LogP contribution in [0.1, 0.15) is 0 Å². The summed E-state index contributed by atoms with van der Waals surface area (Å²) in [5.74, 6) is 2.26. The first-order valence-electron chi connectivity index (χ1n) is 7.43. The predicted molar refractivity (Wildman–Crippen MR) is 91.3 cm³/mol. The molecule has 0 aliphatic carbocycles. The minimum Gasteiger partial charge on any atom is -0.495 e. The molecular formula is C17H18N4O4. The molecule has 3 aromatic rings. The van der Waals surface area contributed by atoms with E-state index < -0.39 is 0 Å². The van der Waals surface area contributed by atoms with Gasteiger partial charge in [-0.25, -0.2) is 0 Å². The molecule has 0 bridgehead atoms. The molecule has 0 fully saturated rings. The van der Waals surface area contributed by atoms with Gasteiger partial charge >= 0.3 is 0 Å². The summed E-state index contributed by atoms with van der Waals surface area (Å²) < 4.78 is 21.3. The molecule has 130 valence electrons. The van der Waals surface area contributed by atoms with Gasteiger partial charge < -0.3 is 18.9 Å². The van der Waals surface area contributed by atoms with Crippen molar-refractivity contribution in [2.45, 2.75) is 0 Å². The summed E-state index contributed by atoms with van der Waals surface area (Å²) in [7, 11) is 6.28. The SMILES string of the molecule is COc1ccc(-c2[nH]nnc2-c2cc(OC)c(OC)c(OC)c2)nc1. The van der Waals surface area contributed by atoms with Crippen LogP contribution in [-0.4, -0.2) is 48.8 Å². The van der Waals surface area contributed by atoms with E-state index in [-0.39, 0.29) is 0 Å². The topological polar surface area (TPSA) is 91.4 Å². The maximum Gasteiger partial charge on any atom is 0.203 e. The molecule has 0 radical (unpaired) electrons. The molecular weight excluding hydrogens is 324 g/mol. The van der Waals surface area contributed by atoms with Crippen molar-refractivity contribution in [3.8, 4) is 45.6 Å². The van der Waals surface area contributed by atoms with E-state index >= 15 is 0 Å². The molecule has 2 aromatic heterocycles. The number of aromatic nitrogens is 4. The van der Waals surface area contributed by atoms with Gasteiger partial charge in [-0.2, -0.15) is 0 Å². The Hall–Kier alpha value is -3.29. The van der Waals surface area contributed by atoms with E-state index in [0.29, 0.717) is 40.1 Å². The van der Waals surface area contributed by atoms with Crippen molar-refractivity contribution in [1.82, 2.24) is 20.4 Å². The van der Waals surface area contributed by atoms with Crippen LogP contribution in [0.3, 0.4) is 0 Å². The maximum absolute atomic E-state index is 5.40. The number of ether oxygens (including phenoxy) is 4. The molecule has 0 atom stereocenters. The van der Waals surface area contributed by atoms with Crippen LogP contribution in [0.25, 0.3) is 22.6 Å². The Bertz CT molecular complexity index is 836. The number of nitrogens with zero attached hydrogens (tertiary/aromatic N) is 3. The molecule has 0 unspecified atom stereocenters. The quantitative estimate of drug-likeness (QED) is 0.736. The summed E-state index contributed by atoms with van der Waals surface area (Å²) in [4.78, 5) is 4.37. The Labute approximate surface area is 144 Å². The molecule has 25 heavy (non-hydrogen) atoms. The van der Waals surface area contributed by atoms with Crippen LogP contribution >= 0.6 is 0 Å². The van der Waals surface area contributed by atoms with E-state index in [9.17, 15) is 0 Å². The largest absolute Gasteiger partial charge is 0.495 e. The van der Waals surface area contributed by atoms with Gasteiger partial charge in [0.2, 0.25) is 5.75 Å². The van der Waals surface area contributed by atoms with E-state index in [1.54, 1.807) is 34.6 Å². The van der Waals surface area contributed by atoms with E-state index in [0.717, 1.165) is 5.56 Å². The van der Waals surface area contributed by atoms with Gasteiger partial charge in [-0.15, -0.1) is 5.10 Å². The standard InChI is InChI=1S/C17H18N4O4/c1-22-11-5-6-12(18-9-11)16-15(19-21-20-16)10-7-13(23-2)17(25-4)14(8-10)24-3/h5-9H,1-4H3,(H,19,20,21). The zero-order chi connectivity index (χ0) is 17.8. The van der Waals surface area contributed by atoms with Crippen molar-refractivity contribution < 1.29 is 18.9 Å². The summed E-state index contributed by atoms with van der Waals surface area (Å²) in [6.07, 6.45) is 1.63. The number of pyridine rings is 1. The molecule has 1 aromatic carbocycles. The lowest BCUT2D eigenvalue weighted by Crippen LogP contribution is -1.96. The minimum absolute atomic E-state index is 0.515. The summed E-state index contributed by atoms with van der Waals surface area (Å²) in [6, 6.07) is 7.27. The normalized spacial score (nSPS) is 10.4. The van der Waals surface area contributed by atoms with Crippen LogP contribution in [0.5, 0.6) is 23.0 Å². The lowest BCUT2D eigenvalue weighted by atomic mass is 10.1. The average Bonchev–Trinajstić information content (AvgIpc) is 3.16. The second-order valence-corrected chi connectivity index (χ2v) is 5.03. The maximum atomic E-state index is 5.40. The Morgan fingerprint density at radius 2 is 1.60 bits per heavy atom. The smallest absolute Gasteiger partial charge is 0.203 e. The molecule has 1 N–H and O–H groups in total. The Kier molecular flexibility index (Phi) is 4.69. The van der Waals surface area contributed by atoms with Crippen molar-refractivity contribution in [2.75, 3.05) is 28.4 Å². The fourth-order valence-corrected chi connectivity index (χ4v) is 2.48. The third-order valence-corrected chi connectivity index (χ3v) is 3.71. The molecule has 8 nitrogen and oxygen atoms in total. The number of hydrogen-bond donors (Lipinski definition) is 1. The van der Waals surface area contributed by atoms with Crippen LogP contribution in [0.2, 0.25) is 0 Å². The van der Waals surface area contributed by atoms with Crippen molar-refractivity contribution in [1.29, 1.82) is 0 Å². The van der Waals surface area contributed by atoms with Gasteiger partial charge in [-0.3, -0.25) is 10.1 Å². The zero-order valence-corrected chi connectivity index (χ0v) is 14.4. The van der Waals surface area contributed by atoms with Crippen LogP contribution in [0.4, 0.5) is 0 Å². The van der Waals surface area contributed by atoms with Crippen molar-refractivity contribution >= 4 is 0 Å². The fourth-order valence-electron chi connectivity index (χ4n) is 2.48. The van der Waals surface area contributed by atoms with Crippen molar-refractivity contribution in [3.05, 3.63) is 30.5 Å². The predicted octanol–water partition coefficient (Wildman–Crippen LogP) is 2.57. The molecule has 0 saturated carbocycles. The van der Waals surface area contributed by atoms with Crippen molar-refractivity contribution in [2.24, 2.45) is 0 Å². The number of methoxy groups -OCH3 is 4. The molecule has 0 aliphatic heterocycles. The highest BCUT2D eigenvalue weighted by Gasteiger charge is 2.19. The third kappa shape index (κ3) is 3.06. The fraction of sp³-hybridized carbons (Fsp3) is 0.235. The highest BCUT2D eigenvalue weighted by molar-refractivity contribution is 5.78. The van der Waals surface area contributed by atoms with Gasteiger partial charge in [0.1, 0.15) is 17.1 Å². The van der Waals surface area contributed by atoms with Gasteiger partial charge in [-0.1, -0.05) is 5.21 Å². The third-order valence-electron chi connectivity index (χ3n) is 3.71. The number of H-pyrrole nitrogens is 1. The van der Waals surface area contributed by atoms with E-state index in [1.807, 2.05) is 24.3 Å². The monoisotopic (exact) mass is 342 g/mol. The first-order valence-corrected chi connectivity index (χ1v) is 7.43. The van der Waals surface area contributed by atoms with Gasteiger partial charge in [0, 0.05) is 5.56 Å². The number of rotatable bonds is 6. The summed E-state index contributed by atoms with van der Waals surface area (Å²) in [5.41, 5.74) is 2.75. The Morgan fingerprint density at radius 1 is 0.880 bits per heavy atom. The molecule has 2 heterocycles. The van der Waals surface area contributed by atoms with Crippen LogP contribution in [0, 0.1) is 0 Å². The first kappa shape index (κ1) is 16.6. The van der Waals surface area contributed by atoms with Crippen LogP contribution < -0.4 is 18.9 Å². The number of benzene rings is 1. The Morgan fingerprint density at radius 3 is 2.12 bits per heavy atom. The van der Waals surface area contributed by atoms with Gasteiger partial charge in [0.05, 0.1) is 40.3 Å². The number of hydrogen-bond acceptors (Lipinski definition) is 7. The summed E-state index contributed by atoms with van der Waals surface area (Å²) in [6.45, 7) is 0. The molecule has 0 aliphatic rings. The summed E-state index contributed by atoms with van der Waals surface area (Å²) in [5, 5.41) is 11.0. The lowest BCUT2D eigenvalue weighted by molar-refractivity contribution is 0.324. The highest BCUT2D eigenvalue weighted by Crippen LogP contribution is 2.42. The number of nitrogens with one attached hydrogen (secondary N) is 1. The first-order chi connectivity index (χ1) is 12.2. The van der Waals surface area contributed by atoms with Crippen LogP contribution in [0.15, 0.2) is 30.5 Å². The van der Waals surface area contributed by atoms with Gasteiger partial charge in [-0.05, 0) is 24.3 Å². The molecule has 3 rings (SSSR count). The van der Waals surface area contributed by atoms with E-state index in [4.69, 9.17) is 18.9 Å². The molecule has 0 saturated heterocycles. The van der Waals surface area contributed by atoms with Crippen LogP contribution in [-0.2, 0) is 0 Å². The van der Waals surface area contributed by atoms with Crippen molar-refractivity contribution in [3.63, 3.8) is 0 Å². The average molecular weight is 342 g/mol. The van der Waals surface area contributed by atoms with E-state index in [1.165, 1.54) is 0 Å². The van der Waals surface area contributed by atoms with Gasteiger partial charge in [0.15, 0.2) is 11.5 Å². The summed E-state index contributed by atoms with van der Waals surface area (Å²) >= 11 is 0. The second kappa shape index (κ2) is 7.08. The van der Waals surface area contributed by atoms with Gasteiger partial charge in [0.25, 0.3) is 0 Å². The molecule has 0 amide bonds. The second-order valence-electron chi connectivity index (χ2n) is 5.03.